The summed E-state index contributed by atoms with van der Waals surface area (Å²) in [6, 6.07) is 0. The molecule has 3 fully saturated rings. The van der Waals surface area contributed by atoms with Gasteiger partial charge in [-0.2, -0.15) is 0 Å². The van der Waals surface area contributed by atoms with Crippen LogP contribution in [0.5, 0.6) is 0 Å². The van der Waals surface area contributed by atoms with Crippen LogP contribution in [0, 0.1) is 5.41 Å². The van der Waals surface area contributed by atoms with E-state index in [0.717, 1.165) is 6.08 Å². The molecule has 2 aliphatic heterocycles. The van der Waals surface area contributed by atoms with E-state index in [9.17, 15) is 30.3 Å². The lowest BCUT2D eigenvalue weighted by Gasteiger charge is -2.51. The summed E-state index contributed by atoms with van der Waals surface area (Å²) >= 11 is 0. The van der Waals surface area contributed by atoms with Gasteiger partial charge in [-0.05, 0) is 31.9 Å². The van der Waals surface area contributed by atoms with E-state index in [1.165, 1.54) is 0 Å². The number of carbonyl (C=O) groups is 1. The molecule has 3 rings (SSSR count). The molecule has 0 aromatic rings. The van der Waals surface area contributed by atoms with Gasteiger partial charge in [0, 0.05) is 17.9 Å². The van der Waals surface area contributed by atoms with Crippen LogP contribution in [0.3, 0.4) is 0 Å². The first-order valence-corrected chi connectivity index (χ1v) is 10.3. The van der Waals surface area contributed by atoms with Gasteiger partial charge in [0.15, 0.2) is 6.29 Å². The van der Waals surface area contributed by atoms with Crippen molar-refractivity contribution in [1.82, 2.24) is 0 Å². The van der Waals surface area contributed by atoms with E-state index < -0.39 is 66.0 Å². The van der Waals surface area contributed by atoms with Gasteiger partial charge in [-0.25, -0.2) is 4.79 Å². The number of fused-ring (bicyclic) bond motifs is 2. The Kier molecular flexibility index (Phi) is 6.68. The monoisotopic (exact) mass is 444 g/mol. The summed E-state index contributed by atoms with van der Waals surface area (Å²) in [5.74, 6) is -1.08. The zero-order valence-electron chi connectivity index (χ0n) is 17.8. The molecular weight excluding hydrogens is 412 g/mol. The molecule has 1 saturated carbocycles. The van der Waals surface area contributed by atoms with Gasteiger partial charge in [-0.1, -0.05) is 13.0 Å². The lowest BCUT2D eigenvalue weighted by atomic mass is 9.59. The van der Waals surface area contributed by atoms with E-state index in [2.05, 4.69) is 0 Å². The molecule has 0 spiro atoms. The maximum atomic E-state index is 11.6. The number of carboxylic acids is 1. The highest BCUT2D eigenvalue weighted by molar-refractivity contribution is 5.81. The summed E-state index contributed by atoms with van der Waals surface area (Å²) in [5, 5.41) is 60.0. The van der Waals surface area contributed by atoms with Crippen LogP contribution in [0.1, 0.15) is 33.6 Å². The second-order valence-corrected chi connectivity index (χ2v) is 9.27. The summed E-state index contributed by atoms with van der Waals surface area (Å²) in [5.41, 5.74) is -2.77. The zero-order valence-corrected chi connectivity index (χ0v) is 17.8. The number of carboxylic acid groups (broad SMARTS) is 1. The number of hydrogen-bond acceptors (Lipinski definition) is 9. The molecule has 176 valence electrons. The molecule has 31 heavy (non-hydrogen) atoms. The first-order chi connectivity index (χ1) is 14.4. The highest BCUT2D eigenvalue weighted by Gasteiger charge is 2.67. The fourth-order valence-corrected chi connectivity index (χ4v) is 4.95. The highest BCUT2D eigenvalue weighted by atomic mass is 16.7. The molecule has 6 N–H and O–H groups in total. The van der Waals surface area contributed by atoms with Crippen molar-refractivity contribution < 1.29 is 49.6 Å². The molecule has 3 aliphatic rings. The second-order valence-electron chi connectivity index (χ2n) is 9.27. The summed E-state index contributed by atoms with van der Waals surface area (Å²) in [4.78, 5) is 10.9. The van der Waals surface area contributed by atoms with E-state index in [0.29, 0.717) is 12.0 Å². The van der Waals surface area contributed by atoms with Crippen molar-refractivity contribution in [1.29, 1.82) is 0 Å². The van der Waals surface area contributed by atoms with Crippen molar-refractivity contribution in [3.63, 3.8) is 0 Å². The van der Waals surface area contributed by atoms with Gasteiger partial charge >= 0.3 is 5.97 Å². The molecule has 0 amide bonds. The number of allylic oxidation sites excluding steroid dienone is 2. The van der Waals surface area contributed by atoms with Crippen molar-refractivity contribution in [3.8, 4) is 0 Å². The molecule has 2 bridgehead atoms. The third kappa shape index (κ3) is 4.19. The van der Waals surface area contributed by atoms with Gasteiger partial charge in [0.1, 0.15) is 35.6 Å². The lowest BCUT2D eigenvalue weighted by Crippen LogP contribution is -2.63. The Morgan fingerprint density at radius 1 is 1.16 bits per heavy atom. The van der Waals surface area contributed by atoms with E-state index in [4.69, 9.17) is 19.3 Å². The number of rotatable bonds is 6. The zero-order chi connectivity index (χ0) is 23.2. The predicted octanol–water partition coefficient (Wildman–Crippen LogP) is -0.921. The molecule has 2 saturated heterocycles. The second kappa shape index (κ2) is 8.53. The standard InChI is InChI=1S/C21H32O10/c1-11(6-14(23)24)4-5-21(28)19(2)7-12(8-20(21,3)29-10-19)30-18-17(27)16(26)15(25)13(9-22)31-18/h4-6,12-13,15-18,22,25-28H,7-10H2,1-3H3,(H,23,24)/b5-4+,11-6+/t12-,13-,15-,16+,17-,18-,19-,20-,21+/m0/s1. The Bertz CT molecular complexity index is 728. The minimum atomic E-state index is -1.54. The van der Waals surface area contributed by atoms with Crippen molar-refractivity contribution in [2.24, 2.45) is 5.41 Å². The van der Waals surface area contributed by atoms with Gasteiger partial charge in [0.25, 0.3) is 0 Å². The average Bonchev–Trinajstić information content (AvgIpc) is 2.79. The molecule has 1 aliphatic carbocycles. The fraction of sp³-hybridized carbons (Fsp3) is 0.762. The smallest absolute Gasteiger partial charge is 0.328 e. The highest BCUT2D eigenvalue weighted by Crippen LogP contribution is 2.58. The van der Waals surface area contributed by atoms with Crippen LogP contribution in [0.4, 0.5) is 0 Å². The topological polar surface area (TPSA) is 166 Å². The van der Waals surface area contributed by atoms with Crippen LogP contribution in [0.15, 0.2) is 23.8 Å². The average molecular weight is 444 g/mol. The summed E-state index contributed by atoms with van der Waals surface area (Å²) in [7, 11) is 0. The van der Waals surface area contributed by atoms with Gasteiger partial charge in [-0.3, -0.25) is 0 Å². The Morgan fingerprint density at radius 2 is 1.84 bits per heavy atom. The van der Waals surface area contributed by atoms with Crippen molar-refractivity contribution in [3.05, 3.63) is 23.8 Å². The number of hydrogen-bond donors (Lipinski definition) is 6. The van der Waals surface area contributed by atoms with Crippen LogP contribution in [0.2, 0.25) is 0 Å². The molecule has 0 aromatic carbocycles. The van der Waals surface area contributed by atoms with Crippen LogP contribution in [-0.2, 0) is 19.0 Å². The van der Waals surface area contributed by atoms with Gasteiger partial charge in [0.05, 0.1) is 19.3 Å². The molecule has 9 atom stereocenters. The molecule has 10 nitrogen and oxygen atoms in total. The Hall–Kier alpha value is -1.37. The molecule has 2 heterocycles. The first kappa shape index (κ1) is 24.3. The van der Waals surface area contributed by atoms with Crippen LogP contribution in [0.25, 0.3) is 0 Å². The van der Waals surface area contributed by atoms with E-state index in [-0.39, 0.29) is 13.0 Å². The summed E-state index contributed by atoms with van der Waals surface area (Å²) < 4.78 is 17.3. The molecule has 0 radical (unpaired) electrons. The lowest BCUT2D eigenvalue weighted by molar-refractivity contribution is -0.319. The maximum Gasteiger partial charge on any atom is 0.328 e. The van der Waals surface area contributed by atoms with Gasteiger partial charge < -0.3 is 44.8 Å². The number of aliphatic hydroxyl groups excluding tert-OH is 4. The maximum absolute atomic E-state index is 11.6. The van der Waals surface area contributed by atoms with E-state index in [1.807, 2.05) is 6.92 Å². The number of aliphatic hydroxyl groups is 5. The quantitative estimate of drug-likeness (QED) is 0.223. The summed E-state index contributed by atoms with van der Waals surface area (Å²) in [6.45, 7) is 4.88. The van der Waals surface area contributed by atoms with Crippen molar-refractivity contribution in [2.45, 2.75) is 81.6 Å². The first-order valence-electron chi connectivity index (χ1n) is 10.3. The fourth-order valence-electron chi connectivity index (χ4n) is 4.95. The SMILES string of the molecule is CC(/C=C/[C@@]1(O)[C@]2(C)CO[C@@]1(C)C[C@@H](O[C@H]1O[C@@H](CO)[C@H](O)[C@@H](O)[C@@H]1O)C2)=C\C(=O)O. The predicted molar refractivity (Wildman–Crippen MR) is 106 cm³/mol. The Balaban J connectivity index is 1.78. The third-order valence-corrected chi connectivity index (χ3v) is 6.84. The number of aliphatic carboxylic acids is 1. The van der Waals surface area contributed by atoms with Crippen LogP contribution < -0.4 is 0 Å². The number of ether oxygens (including phenoxy) is 3. The minimum Gasteiger partial charge on any atom is -0.478 e. The van der Waals surface area contributed by atoms with Crippen LogP contribution in [-0.4, -0.2) is 97.8 Å². The molecule has 10 heteroatoms. The van der Waals surface area contributed by atoms with Crippen LogP contribution >= 0.6 is 0 Å². The Labute approximate surface area is 180 Å². The largest absolute Gasteiger partial charge is 0.478 e. The Morgan fingerprint density at radius 3 is 2.42 bits per heavy atom. The van der Waals surface area contributed by atoms with E-state index >= 15 is 0 Å². The minimum absolute atomic E-state index is 0.236. The van der Waals surface area contributed by atoms with Gasteiger partial charge in [-0.15, -0.1) is 0 Å². The van der Waals surface area contributed by atoms with Gasteiger partial charge in [0.2, 0.25) is 0 Å². The normalized spacial score (nSPS) is 48.3. The van der Waals surface area contributed by atoms with E-state index in [1.54, 1.807) is 26.0 Å². The van der Waals surface area contributed by atoms with Crippen molar-refractivity contribution >= 4 is 5.97 Å². The third-order valence-electron chi connectivity index (χ3n) is 6.84. The molecule has 0 aromatic heterocycles. The molecule has 0 unspecified atom stereocenters. The molecular formula is C21H32O10. The summed E-state index contributed by atoms with van der Waals surface area (Å²) in [6.07, 6.45) is -2.65. The van der Waals surface area contributed by atoms with Crippen molar-refractivity contribution in [2.75, 3.05) is 13.2 Å².